The van der Waals surface area contributed by atoms with Crippen molar-refractivity contribution in [3.63, 3.8) is 0 Å². The molecule has 0 aliphatic carbocycles. The maximum Gasteiger partial charge on any atom is 0.247 e. The van der Waals surface area contributed by atoms with Crippen LogP contribution < -0.4 is 0 Å². The Hall–Kier alpha value is -3.08. The highest BCUT2D eigenvalue weighted by Crippen LogP contribution is 2.27. The first-order valence-corrected chi connectivity index (χ1v) is 9.51. The fraction of sp³-hybridized carbons (Fsp3) is 0.261. The Morgan fingerprint density at radius 1 is 1.07 bits per heavy atom. The Labute approximate surface area is 164 Å². The average molecular weight is 377 g/mol. The lowest BCUT2D eigenvalue weighted by molar-refractivity contribution is 0.538. The van der Waals surface area contributed by atoms with E-state index in [2.05, 4.69) is 22.1 Å². The molecule has 0 aliphatic heterocycles. The molecular formula is C23H24FN3O. The largest absolute Gasteiger partial charge is 0.443 e. The van der Waals surface area contributed by atoms with Crippen LogP contribution in [0, 0.1) is 5.82 Å². The Balaban J connectivity index is 1.87. The molecule has 3 aromatic rings. The van der Waals surface area contributed by atoms with Crippen LogP contribution in [-0.2, 0) is 6.54 Å². The molecule has 0 amide bonds. The molecule has 0 spiro atoms. The van der Waals surface area contributed by atoms with E-state index in [4.69, 9.17) is 4.42 Å². The number of allylic oxidation sites excluding steroid dienone is 1. The molecule has 144 valence electrons. The van der Waals surface area contributed by atoms with Crippen LogP contribution in [0.15, 0.2) is 81.1 Å². The summed E-state index contributed by atoms with van der Waals surface area (Å²) < 4.78 is 19.5. The number of rotatable bonds is 8. The van der Waals surface area contributed by atoms with Crippen molar-refractivity contribution in [3.8, 4) is 11.3 Å². The lowest BCUT2D eigenvalue weighted by Gasteiger charge is -2.04. The van der Waals surface area contributed by atoms with Crippen LogP contribution in [0.1, 0.15) is 44.6 Å². The van der Waals surface area contributed by atoms with E-state index in [0.717, 1.165) is 36.1 Å². The lowest BCUT2D eigenvalue weighted by Crippen LogP contribution is -1.90. The molecule has 0 bridgehead atoms. The average Bonchev–Trinajstić information content (AvgIpc) is 3.21. The van der Waals surface area contributed by atoms with Crippen LogP contribution in [0.25, 0.3) is 17.0 Å². The number of hydrogen-bond donors (Lipinski definition) is 0. The van der Waals surface area contributed by atoms with E-state index in [1.807, 2.05) is 37.3 Å². The van der Waals surface area contributed by atoms with Gasteiger partial charge in [-0.25, -0.2) is 9.37 Å². The predicted octanol–water partition coefficient (Wildman–Crippen LogP) is 7.05. The zero-order valence-electron chi connectivity index (χ0n) is 16.2. The minimum atomic E-state index is -0.280. The third-order valence-corrected chi connectivity index (χ3v) is 4.46. The summed E-state index contributed by atoms with van der Waals surface area (Å²) in [7, 11) is 0. The summed E-state index contributed by atoms with van der Waals surface area (Å²) in [5.41, 5.74) is 3.91. The zero-order chi connectivity index (χ0) is 19.8. The number of halogens is 1. The summed E-state index contributed by atoms with van der Waals surface area (Å²) in [4.78, 5) is 4.60. The molecule has 0 atom stereocenters. The van der Waals surface area contributed by atoms with Crippen LogP contribution in [0.2, 0.25) is 0 Å². The topological polar surface area (TPSA) is 50.8 Å². The molecule has 0 N–H and O–H groups in total. The van der Waals surface area contributed by atoms with E-state index in [-0.39, 0.29) is 12.4 Å². The number of aromatic nitrogens is 1. The summed E-state index contributed by atoms with van der Waals surface area (Å²) >= 11 is 0. The standard InChI is InChI=1S/C23H24FN3O/c1-3-4-10-17(2)22(27-25-15-19-13-8-9-14-20(19)24)23-26-21(16-28-23)18-11-6-5-7-12-18/h5-9,11-14,16H,3-4,10,15H2,1-2H3/b22-17+,27-25?. The summed E-state index contributed by atoms with van der Waals surface area (Å²) in [5, 5.41) is 8.59. The van der Waals surface area contributed by atoms with E-state index in [1.165, 1.54) is 6.07 Å². The molecule has 0 aliphatic rings. The molecule has 2 aromatic carbocycles. The first kappa shape index (κ1) is 19.7. The molecule has 0 fully saturated rings. The molecule has 1 heterocycles. The van der Waals surface area contributed by atoms with Gasteiger partial charge in [0, 0.05) is 11.1 Å². The lowest BCUT2D eigenvalue weighted by atomic mass is 10.1. The Kier molecular flexibility index (Phi) is 6.84. The molecule has 1 aromatic heterocycles. The van der Waals surface area contributed by atoms with E-state index in [1.54, 1.807) is 24.5 Å². The van der Waals surface area contributed by atoms with Gasteiger partial charge in [-0.05, 0) is 31.4 Å². The smallest absolute Gasteiger partial charge is 0.247 e. The molecule has 0 radical (unpaired) electrons. The second-order valence-corrected chi connectivity index (χ2v) is 6.63. The number of benzene rings is 2. The highest BCUT2D eigenvalue weighted by Gasteiger charge is 2.14. The van der Waals surface area contributed by atoms with Gasteiger partial charge >= 0.3 is 0 Å². The summed E-state index contributed by atoms with van der Waals surface area (Å²) in [6, 6.07) is 16.4. The van der Waals surface area contributed by atoms with Gasteiger partial charge in [-0.15, -0.1) is 0 Å². The molecule has 3 rings (SSSR count). The fourth-order valence-electron chi connectivity index (χ4n) is 2.80. The van der Waals surface area contributed by atoms with Crippen molar-refractivity contribution < 1.29 is 8.81 Å². The van der Waals surface area contributed by atoms with Gasteiger partial charge in [-0.3, -0.25) is 0 Å². The van der Waals surface area contributed by atoms with Gasteiger partial charge in [0.15, 0.2) is 0 Å². The van der Waals surface area contributed by atoms with Gasteiger partial charge in [0.25, 0.3) is 0 Å². The normalized spacial score (nSPS) is 12.4. The first-order valence-electron chi connectivity index (χ1n) is 9.51. The van der Waals surface area contributed by atoms with Crippen molar-refractivity contribution in [3.05, 3.63) is 83.7 Å². The Morgan fingerprint density at radius 3 is 2.57 bits per heavy atom. The number of unbranched alkanes of at least 4 members (excludes halogenated alkanes) is 1. The minimum absolute atomic E-state index is 0.170. The van der Waals surface area contributed by atoms with Crippen molar-refractivity contribution in [2.45, 2.75) is 39.7 Å². The van der Waals surface area contributed by atoms with Crippen LogP contribution in [0.5, 0.6) is 0 Å². The Morgan fingerprint density at radius 2 is 1.82 bits per heavy atom. The van der Waals surface area contributed by atoms with Crippen molar-refractivity contribution in [1.82, 2.24) is 4.98 Å². The SMILES string of the molecule is CCCC/C(C)=C(/N=NCc1ccccc1F)c1nc(-c2ccccc2)co1. The highest BCUT2D eigenvalue weighted by molar-refractivity contribution is 5.64. The number of nitrogens with zero attached hydrogens (tertiary/aromatic N) is 3. The van der Waals surface area contributed by atoms with Gasteiger partial charge in [-0.2, -0.15) is 10.2 Å². The van der Waals surface area contributed by atoms with Crippen LogP contribution >= 0.6 is 0 Å². The van der Waals surface area contributed by atoms with Crippen molar-refractivity contribution >= 4 is 5.70 Å². The molecule has 0 saturated heterocycles. The fourth-order valence-corrected chi connectivity index (χ4v) is 2.80. The first-order chi connectivity index (χ1) is 13.7. The Bertz CT molecular complexity index is 961. The van der Waals surface area contributed by atoms with Gasteiger partial charge in [0.05, 0.1) is 6.54 Å². The monoisotopic (exact) mass is 377 g/mol. The van der Waals surface area contributed by atoms with Gasteiger partial charge < -0.3 is 4.42 Å². The van der Waals surface area contributed by atoms with E-state index >= 15 is 0 Å². The second kappa shape index (κ2) is 9.74. The second-order valence-electron chi connectivity index (χ2n) is 6.63. The minimum Gasteiger partial charge on any atom is -0.443 e. The van der Waals surface area contributed by atoms with Crippen LogP contribution in [-0.4, -0.2) is 4.98 Å². The number of azo groups is 1. The van der Waals surface area contributed by atoms with Crippen LogP contribution in [0.3, 0.4) is 0 Å². The molecule has 0 saturated carbocycles. The van der Waals surface area contributed by atoms with Crippen molar-refractivity contribution in [2.75, 3.05) is 0 Å². The van der Waals surface area contributed by atoms with Crippen molar-refractivity contribution in [1.29, 1.82) is 0 Å². The third-order valence-electron chi connectivity index (χ3n) is 4.46. The van der Waals surface area contributed by atoms with Gasteiger partial charge in [-0.1, -0.05) is 61.9 Å². The van der Waals surface area contributed by atoms with Gasteiger partial charge in [0.1, 0.15) is 23.5 Å². The van der Waals surface area contributed by atoms with Gasteiger partial charge in [0.2, 0.25) is 5.89 Å². The predicted molar refractivity (Wildman–Crippen MR) is 109 cm³/mol. The molecule has 5 heteroatoms. The van der Waals surface area contributed by atoms with E-state index in [0.29, 0.717) is 17.2 Å². The quantitative estimate of drug-likeness (QED) is 0.395. The van der Waals surface area contributed by atoms with E-state index < -0.39 is 0 Å². The zero-order valence-corrected chi connectivity index (χ0v) is 16.2. The summed E-state index contributed by atoms with van der Waals surface area (Å²) in [6.45, 7) is 4.33. The maximum absolute atomic E-state index is 13.8. The molecule has 28 heavy (non-hydrogen) atoms. The van der Waals surface area contributed by atoms with E-state index in [9.17, 15) is 4.39 Å². The highest BCUT2D eigenvalue weighted by atomic mass is 19.1. The van der Waals surface area contributed by atoms with Crippen LogP contribution in [0.4, 0.5) is 4.39 Å². The molecule has 0 unspecified atom stereocenters. The molecular weight excluding hydrogens is 353 g/mol. The molecule has 4 nitrogen and oxygen atoms in total. The summed E-state index contributed by atoms with van der Waals surface area (Å²) in [6.07, 6.45) is 4.64. The number of oxazole rings is 1. The third kappa shape index (κ3) is 5.00. The van der Waals surface area contributed by atoms with Crippen molar-refractivity contribution in [2.24, 2.45) is 10.2 Å². The number of hydrogen-bond acceptors (Lipinski definition) is 4. The summed E-state index contributed by atoms with van der Waals surface area (Å²) in [5.74, 6) is 0.155. The maximum atomic E-state index is 13.8.